The van der Waals surface area contributed by atoms with Crippen molar-refractivity contribution in [2.45, 2.75) is 6.92 Å². The van der Waals surface area contributed by atoms with Gasteiger partial charge in [0.1, 0.15) is 5.75 Å². The summed E-state index contributed by atoms with van der Waals surface area (Å²) in [5.74, 6) is -0.231. The number of hydrogen-bond acceptors (Lipinski definition) is 6. The molecule has 7 heteroatoms. The van der Waals surface area contributed by atoms with E-state index in [-0.39, 0.29) is 23.6 Å². The Bertz CT molecular complexity index is 855. The standard InChI is InChI=1S/C16H15N5O2/c1-10-6-8-11(9-7-10)14(23)21-15(17)19-16(20-21)18-12-4-2-3-5-13(12)22/h2-9,22H,1H3,(H3,17,18,19,20). The lowest BCUT2D eigenvalue weighted by molar-refractivity contribution is 0.0948. The third kappa shape index (κ3) is 2.98. The first kappa shape index (κ1) is 14.6. The van der Waals surface area contributed by atoms with Crippen LogP contribution in [0.4, 0.5) is 17.6 Å². The van der Waals surface area contributed by atoms with Crippen LogP contribution in [0.25, 0.3) is 0 Å². The molecule has 3 aromatic rings. The summed E-state index contributed by atoms with van der Waals surface area (Å²) >= 11 is 0. The minimum atomic E-state index is -0.375. The smallest absolute Gasteiger partial charge is 0.281 e. The average molecular weight is 309 g/mol. The van der Waals surface area contributed by atoms with Gasteiger partial charge in [-0.25, -0.2) is 0 Å². The number of carbonyl (C=O) groups is 1. The van der Waals surface area contributed by atoms with E-state index in [1.165, 1.54) is 6.07 Å². The molecule has 7 nitrogen and oxygen atoms in total. The van der Waals surface area contributed by atoms with Gasteiger partial charge in [-0.05, 0) is 31.2 Å². The molecule has 0 amide bonds. The Morgan fingerprint density at radius 2 is 1.87 bits per heavy atom. The molecule has 4 N–H and O–H groups in total. The zero-order valence-electron chi connectivity index (χ0n) is 12.4. The van der Waals surface area contributed by atoms with Gasteiger partial charge in [-0.1, -0.05) is 29.8 Å². The predicted octanol–water partition coefficient (Wildman–Crippen LogP) is 2.31. The molecule has 3 rings (SSSR count). The van der Waals surface area contributed by atoms with Crippen molar-refractivity contribution in [1.82, 2.24) is 14.8 Å². The Labute approximate surface area is 132 Å². The maximum atomic E-state index is 12.4. The van der Waals surface area contributed by atoms with Gasteiger partial charge >= 0.3 is 0 Å². The molecule has 0 radical (unpaired) electrons. The highest BCUT2D eigenvalue weighted by molar-refractivity contribution is 5.96. The second-order valence-electron chi connectivity index (χ2n) is 5.02. The first-order valence-corrected chi connectivity index (χ1v) is 6.93. The fourth-order valence-electron chi connectivity index (χ4n) is 2.04. The summed E-state index contributed by atoms with van der Waals surface area (Å²) in [5, 5.41) is 16.6. The van der Waals surface area contributed by atoms with Crippen LogP contribution in [0.5, 0.6) is 5.75 Å². The molecule has 1 aromatic heterocycles. The average Bonchev–Trinajstić information content (AvgIpc) is 2.90. The van der Waals surface area contributed by atoms with Gasteiger partial charge in [-0.15, -0.1) is 5.10 Å². The van der Waals surface area contributed by atoms with Crippen molar-refractivity contribution in [2.24, 2.45) is 0 Å². The number of nitrogen functional groups attached to an aromatic ring is 1. The number of phenolic OH excluding ortho intramolecular Hbond substituents is 1. The summed E-state index contributed by atoms with van der Waals surface area (Å²) in [6.07, 6.45) is 0. The number of nitrogens with two attached hydrogens (primary N) is 1. The van der Waals surface area contributed by atoms with E-state index in [9.17, 15) is 9.90 Å². The van der Waals surface area contributed by atoms with Crippen LogP contribution in [0.1, 0.15) is 15.9 Å². The summed E-state index contributed by atoms with van der Waals surface area (Å²) in [6, 6.07) is 13.7. The van der Waals surface area contributed by atoms with E-state index in [0.29, 0.717) is 11.3 Å². The van der Waals surface area contributed by atoms with Gasteiger partial charge < -0.3 is 16.2 Å². The third-order valence-electron chi connectivity index (χ3n) is 3.27. The maximum absolute atomic E-state index is 12.4. The van der Waals surface area contributed by atoms with Crippen LogP contribution in [0.15, 0.2) is 48.5 Å². The van der Waals surface area contributed by atoms with Crippen molar-refractivity contribution in [2.75, 3.05) is 11.1 Å². The lowest BCUT2D eigenvalue weighted by atomic mass is 10.1. The fraction of sp³-hybridized carbons (Fsp3) is 0.0625. The van der Waals surface area contributed by atoms with Gasteiger partial charge in [0.25, 0.3) is 5.91 Å². The Hall–Kier alpha value is -3.35. The molecule has 0 saturated carbocycles. The summed E-state index contributed by atoms with van der Waals surface area (Å²) in [5.41, 5.74) is 7.70. The lowest BCUT2D eigenvalue weighted by Crippen LogP contribution is -2.16. The molecule has 0 atom stereocenters. The summed E-state index contributed by atoms with van der Waals surface area (Å²) < 4.78 is 1.02. The number of rotatable bonds is 3. The number of hydrogen-bond donors (Lipinski definition) is 3. The molecule has 0 aliphatic carbocycles. The Morgan fingerprint density at radius 1 is 1.17 bits per heavy atom. The molecule has 1 heterocycles. The van der Waals surface area contributed by atoms with Crippen LogP contribution in [0, 0.1) is 6.92 Å². The van der Waals surface area contributed by atoms with Crippen LogP contribution in [0.2, 0.25) is 0 Å². The number of nitrogens with zero attached hydrogens (tertiary/aromatic N) is 3. The second-order valence-corrected chi connectivity index (χ2v) is 5.02. The van der Waals surface area contributed by atoms with E-state index in [4.69, 9.17) is 5.73 Å². The third-order valence-corrected chi connectivity index (χ3v) is 3.27. The Balaban J connectivity index is 1.87. The quantitative estimate of drug-likeness (QED) is 0.641. The molecule has 0 saturated heterocycles. The number of para-hydroxylation sites is 2. The number of benzene rings is 2. The van der Waals surface area contributed by atoms with Crippen molar-refractivity contribution < 1.29 is 9.90 Å². The van der Waals surface area contributed by atoms with Gasteiger partial charge in [0.05, 0.1) is 5.69 Å². The first-order chi connectivity index (χ1) is 11.0. The number of aromatic nitrogens is 3. The molecule has 0 spiro atoms. The van der Waals surface area contributed by atoms with Crippen LogP contribution >= 0.6 is 0 Å². The van der Waals surface area contributed by atoms with E-state index >= 15 is 0 Å². The molecular weight excluding hydrogens is 294 g/mol. The molecular formula is C16H15N5O2. The highest BCUT2D eigenvalue weighted by atomic mass is 16.3. The second kappa shape index (κ2) is 5.80. The minimum Gasteiger partial charge on any atom is -0.506 e. The van der Waals surface area contributed by atoms with Crippen molar-refractivity contribution in [3.8, 4) is 5.75 Å². The van der Waals surface area contributed by atoms with Gasteiger partial charge in [-0.3, -0.25) is 4.79 Å². The molecule has 23 heavy (non-hydrogen) atoms. The van der Waals surface area contributed by atoms with Crippen LogP contribution < -0.4 is 11.1 Å². The topological polar surface area (TPSA) is 106 Å². The van der Waals surface area contributed by atoms with E-state index in [1.807, 2.05) is 19.1 Å². The largest absolute Gasteiger partial charge is 0.506 e. The van der Waals surface area contributed by atoms with Crippen molar-refractivity contribution in [3.63, 3.8) is 0 Å². The first-order valence-electron chi connectivity index (χ1n) is 6.93. The van der Waals surface area contributed by atoms with Crippen LogP contribution in [-0.4, -0.2) is 25.8 Å². The molecule has 0 aliphatic rings. The highest BCUT2D eigenvalue weighted by Crippen LogP contribution is 2.24. The summed E-state index contributed by atoms with van der Waals surface area (Å²) in [7, 11) is 0. The molecule has 0 fully saturated rings. The zero-order valence-corrected chi connectivity index (χ0v) is 12.4. The summed E-state index contributed by atoms with van der Waals surface area (Å²) in [4.78, 5) is 16.4. The molecule has 0 bridgehead atoms. The van der Waals surface area contributed by atoms with Gasteiger partial charge in [0.2, 0.25) is 11.9 Å². The van der Waals surface area contributed by atoms with Crippen molar-refractivity contribution >= 4 is 23.5 Å². The number of phenols is 1. The van der Waals surface area contributed by atoms with E-state index in [0.717, 1.165) is 10.2 Å². The number of aryl methyl sites for hydroxylation is 1. The maximum Gasteiger partial charge on any atom is 0.281 e. The minimum absolute atomic E-state index is 0.0338. The van der Waals surface area contributed by atoms with E-state index in [1.54, 1.807) is 30.3 Å². The molecule has 116 valence electrons. The normalized spacial score (nSPS) is 10.5. The number of aromatic hydroxyl groups is 1. The van der Waals surface area contributed by atoms with Gasteiger partial charge in [0.15, 0.2) is 0 Å². The Morgan fingerprint density at radius 3 is 2.57 bits per heavy atom. The predicted molar refractivity (Wildman–Crippen MR) is 86.7 cm³/mol. The van der Waals surface area contributed by atoms with Crippen molar-refractivity contribution in [1.29, 1.82) is 0 Å². The SMILES string of the molecule is Cc1ccc(C(=O)n2nc(Nc3ccccc3O)nc2N)cc1. The fourth-order valence-corrected chi connectivity index (χ4v) is 2.04. The lowest BCUT2D eigenvalue weighted by Gasteiger charge is -2.03. The number of anilines is 3. The zero-order chi connectivity index (χ0) is 16.4. The van der Waals surface area contributed by atoms with Crippen molar-refractivity contribution in [3.05, 3.63) is 59.7 Å². The summed E-state index contributed by atoms with van der Waals surface area (Å²) in [6.45, 7) is 1.94. The highest BCUT2D eigenvalue weighted by Gasteiger charge is 2.16. The van der Waals surface area contributed by atoms with Gasteiger partial charge in [0, 0.05) is 5.56 Å². The molecule has 2 aromatic carbocycles. The van der Waals surface area contributed by atoms with E-state index in [2.05, 4.69) is 15.4 Å². The van der Waals surface area contributed by atoms with Crippen LogP contribution in [0.3, 0.4) is 0 Å². The number of nitrogens with one attached hydrogen (secondary N) is 1. The van der Waals surface area contributed by atoms with Gasteiger partial charge in [-0.2, -0.15) is 9.67 Å². The number of carbonyl (C=O) groups excluding carboxylic acids is 1. The molecule has 0 unspecified atom stereocenters. The van der Waals surface area contributed by atoms with E-state index < -0.39 is 0 Å². The monoisotopic (exact) mass is 309 g/mol. The van der Waals surface area contributed by atoms with Crippen LogP contribution in [-0.2, 0) is 0 Å². The Kier molecular flexibility index (Phi) is 3.68. The molecule has 0 aliphatic heterocycles.